The average molecular weight is 1040 g/mol. The molecule has 1 saturated carbocycles. The van der Waals surface area contributed by atoms with Crippen LogP contribution in [0.4, 0.5) is 8.78 Å². The zero-order chi connectivity index (χ0) is 48.9. The van der Waals surface area contributed by atoms with Gasteiger partial charge < -0.3 is 23.7 Å². The molecule has 5 heterocycles. The van der Waals surface area contributed by atoms with E-state index in [0.717, 1.165) is 68.2 Å². The number of ether oxygens (including phenoxy) is 5. The second-order valence-corrected chi connectivity index (χ2v) is 22.3. The Bertz CT molecular complexity index is 2790. The van der Waals surface area contributed by atoms with Crippen molar-refractivity contribution >= 4 is 62.7 Å². The predicted octanol–water partition coefficient (Wildman–Crippen LogP) is 10.3. The van der Waals surface area contributed by atoms with Crippen molar-refractivity contribution in [2.75, 3.05) is 32.0 Å². The van der Waals surface area contributed by atoms with Crippen LogP contribution in [0.3, 0.4) is 0 Å². The van der Waals surface area contributed by atoms with Gasteiger partial charge in [0.15, 0.2) is 21.3 Å². The summed E-state index contributed by atoms with van der Waals surface area (Å²) in [7, 11) is -4.28. The summed E-state index contributed by atoms with van der Waals surface area (Å²) in [6.45, 7) is -0.0541. The van der Waals surface area contributed by atoms with Crippen molar-refractivity contribution in [2.45, 2.75) is 85.1 Å². The largest absolute Gasteiger partial charge is 0.489 e. The Kier molecular flexibility index (Phi) is 15.6. The third kappa shape index (κ3) is 11.9. The van der Waals surface area contributed by atoms with Gasteiger partial charge in [0.2, 0.25) is 0 Å². The van der Waals surface area contributed by atoms with Gasteiger partial charge in [-0.05, 0) is 128 Å². The summed E-state index contributed by atoms with van der Waals surface area (Å²) in [4.78, 5) is 47.7. The van der Waals surface area contributed by atoms with E-state index in [0.29, 0.717) is 22.8 Å². The van der Waals surface area contributed by atoms with Gasteiger partial charge >= 0.3 is 24.5 Å². The molecule has 2 bridgehead atoms. The smallest absolute Gasteiger partial charge is 0.387 e. The normalized spacial score (nSPS) is 21.7. The summed E-state index contributed by atoms with van der Waals surface area (Å²) >= 11 is 14.1. The van der Waals surface area contributed by atoms with E-state index in [2.05, 4.69) is 9.88 Å². The lowest BCUT2D eigenvalue weighted by molar-refractivity contribution is -0.159. The van der Waals surface area contributed by atoms with Crippen molar-refractivity contribution in [1.82, 2.24) is 9.88 Å². The van der Waals surface area contributed by atoms with E-state index in [-0.39, 0.29) is 81.6 Å². The second kappa shape index (κ2) is 22.0. The average Bonchev–Trinajstić information content (AvgIpc) is 4.05. The molecule has 5 aromatic rings. The molecule has 10 rings (SSSR count). The Morgan fingerprint density at radius 3 is 2.27 bits per heavy atom. The molecule has 5 aliphatic rings. The van der Waals surface area contributed by atoms with E-state index in [1.54, 1.807) is 18.2 Å². The van der Waals surface area contributed by atoms with Gasteiger partial charge in [-0.3, -0.25) is 19.5 Å². The molecule has 368 valence electrons. The molecule has 18 heteroatoms. The molecule has 0 N–H and O–H groups in total. The van der Waals surface area contributed by atoms with E-state index >= 15 is 0 Å². The topological polar surface area (TPSA) is 148 Å². The fraction of sp³-hybridized carbons (Fsp3) is 0.385. The summed E-state index contributed by atoms with van der Waals surface area (Å²) in [5.74, 6) is -1.40. The number of fused-ring (bicyclic) bond motifs is 3. The molecule has 4 aliphatic heterocycles. The molecular weight excluding hydrogens is 986 g/mol. The second-order valence-electron chi connectivity index (χ2n) is 18.0. The highest BCUT2D eigenvalue weighted by Gasteiger charge is 2.45. The van der Waals surface area contributed by atoms with Crippen LogP contribution in [0.25, 0.3) is 0 Å². The molecule has 0 amide bonds. The zero-order valence-corrected chi connectivity index (χ0v) is 40.9. The Morgan fingerprint density at radius 2 is 1.56 bits per heavy atom. The third-order valence-corrected chi connectivity index (χ3v) is 17.7. The molecule has 4 saturated heterocycles. The van der Waals surface area contributed by atoms with Gasteiger partial charge in [-0.25, -0.2) is 13.2 Å². The number of carbonyl (C=O) groups is 3. The summed E-state index contributed by atoms with van der Waals surface area (Å²) in [6, 6.07) is 26.1. The van der Waals surface area contributed by atoms with Crippen LogP contribution in [0.15, 0.2) is 114 Å². The summed E-state index contributed by atoms with van der Waals surface area (Å²) in [5.41, 5.74) is 2.30. The Balaban J connectivity index is 0.912. The summed E-state index contributed by atoms with van der Waals surface area (Å²) in [5, 5.41) is -2.06. The molecule has 12 nitrogen and oxygen atoms in total. The number of aromatic nitrogens is 1. The van der Waals surface area contributed by atoms with Gasteiger partial charge in [-0.1, -0.05) is 77.8 Å². The van der Waals surface area contributed by atoms with Crippen LogP contribution in [0.1, 0.15) is 83.2 Å². The molecule has 0 radical (unpaired) electrons. The van der Waals surface area contributed by atoms with Crippen molar-refractivity contribution in [3.8, 4) is 17.2 Å². The highest BCUT2D eigenvalue weighted by molar-refractivity contribution is 8.02. The molecular formula is C52H50Cl2F2N2O10S2. The number of pyridine rings is 1. The first kappa shape index (κ1) is 49.7. The lowest BCUT2D eigenvalue weighted by atomic mass is 9.85. The van der Waals surface area contributed by atoms with Gasteiger partial charge in [0, 0.05) is 31.3 Å². The van der Waals surface area contributed by atoms with E-state index in [1.165, 1.54) is 54.9 Å². The number of sulfone groups is 1. The van der Waals surface area contributed by atoms with E-state index in [1.807, 2.05) is 36.4 Å². The minimum atomic E-state index is -4.28. The highest BCUT2D eigenvalue weighted by atomic mass is 35.5. The first-order chi connectivity index (χ1) is 33.8. The molecule has 1 aliphatic carbocycles. The number of hydrogen-bond donors (Lipinski definition) is 0. The van der Waals surface area contributed by atoms with Crippen molar-refractivity contribution in [3.05, 3.63) is 147 Å². The summed E-state index contributed by atoms with van der Waals surface area (Å²) in [6.07, 6.45) is 5.49. The van der Waals surface area contributed by atoms with Crippen LogP contribution in [0, 0.1) is 11.8 Å². The number of nitrogens with zero attached hydrogens (tertiary/aromatic N) is 2. The lowest BCUT2D eigenvalue weighted by Crippen LogP contribution is -2.52. The molecule has 4 aromatic carbocycles. The van der Waals surface area contributed by atoms with Crippen molar-refractivity contribution < 1.29 is 55.3 Å². The number of benzene rings is 4. The molecule has 0 spiro atoms. The first-order valence-corrected chi connectivity index (χ1v) is 26.6. The quantitative estimate of drug-likeness (QED) is 0.0571. The van der Waals surface area contributed by atoms with Crippen molar-refractivity contribution in [3.63, 3.8) is 0 Å². The fourth-order valence-electron chi connectivity index (χ4n) is 9.36. The zero-order valence-electron chi connectivity index (χ0n) is 37.8. The van der Waals surface area contributed by atoms with Gasteiger partial charge in [0.05, 0.1) is 38.8 Å². The van der Waals surface area contributed by atoms with Gasteiger partial charge in [-0.2, -0.15) is 8.78 Å². The predicted molar refractivity (Wildman–Crippen MR) is 260 cm³/mol. The number of rotatable bonds is 19. The number of esters is 3. The Morgan fingerprint density at radius 1 is 0.814 bits per heavy atom. The standard InChI is InChI=1S/C52H50Cl2F2N2O10S2/c53-41-27-57-28-42(54)40(41)25-44(35-14-15-43(68-52(55)56)45(24-35)64-30-31-12-13-31)67-51(61)49-47(18-21-69-49)70(62,63)38-11-5-9-36(23-38)50(60)65-37-10-4-8-34(22-37)39(32-6-2-1-3-7-32)26-48(59)66-46-29-58-19-16-33(46)17-20-58/h1-11,14-15,22-24,27-28,31,33,39,44,46-47,49,52H,12-13,16-21,25-26,29-30H2/t39-,44-,46-,47?,49+/m0/s1. The number of carbonyl (C=O) groups excluding carboxylic acids is 3. The summed E-state index contributed by atoms with van der Waals surface area (Å²) < 4.78 is 84.5. The Hall–Kier alpha value is -5.26. The van der Waals surface area contributed by atoms with Crippen LogP contribution in [-0.4, -0.2) is 91.4 Å². The monoisotopic (exact) mass is 1030 g/mol. The number of hydrogen-bond acceptors (Lipinski definition) is 13. The van der Waals surface area contributed by atoms with Crippen molar-refractivity contribution in [2.24, 2.45) is 11.8 Å². The molecule has 1 unspecified atom stereocenters. The van der Waals surface area contributed by atoms with Crippen molar-refractivity contribution in [1.29, 1.82) is 0 Å². The lowest BCUT2D eigenvalue weighted by Gasteiger charge is -2.44. The van der Waals surface area contributed by atoms with Crippen LogP contribution < -0.4 is 14.2 Å². The number of halogens is 4. The van der Waals surface area contributed by atoms with Crippen LogP contribution in [0.2, 0.25) is 10.0 Å². The minimum Gasteiger partial charge on any atom is -0.489 e. The number of alkyl halides is 2. The maximum atomic E-state index is 14.5. The maximum absolute atomic E-state index is 14.5. The number of piperidine rings is 3. The number of thioether (sulfide) groups is 1. The van der Waals surface area contributed by atoms with Crippen LogP contribution >= 0.6 is 35.0 Å². The third-order valence-electron chi connectivity index (χ3n) is 13.3. The fourth-order valence-corrected chi connectivity index (χ4v) is 13.7. The van der Waals surface area contributed by atoms with Crippen LogP contribution in [-0.2, 0) is 35.3 Å². The Labute approximate surface area is 419 Å². The van der Waals surface area contributed by atoms with Gasteiger partial charge in [-0.15, -0.1) is 11.8 Å². The maximum Gasteiger partial charge on any atom is 0.387 e. The minimum absolute atomic E-state index is 0.0208. The van der Waals surface area contributed by atoms with Gasteiger partial charge in [0.1, 0.15) is 23.2 Å². The van der Waals surface area contributed by atoms with E-state index < -0.39 is 50.9 Å². The molecule has 5 atom stereocenters. The molecule has 1 aromatic heterocycles. The SMILES string of the molecule is O=C(C[C@@H](c1ccccc1)c1cccc(OC(=O)c2cccc(S(=O)(=O)C3CCS[C@H]3C(=O)O[C@@H](Cc3c(Cl)cncc3Cl)c3ccc(OC(F)F)c(OCC4CC4)c3)c2)c1)O[C@H]1CN2CCC1CC2. The van der Waals surface area contributed by atoms with Crippen LogP contribution in [0.5, 0.6) is 17.2 Å². The first-order valence-electron chi connectivity index (χ1n) is 23.2. The highest BCUT2D eigenvalue weighted by Crippen LogP contribution is 2.41. The molecule has 5 fully saturated rings. The van der Waals surface area contributed by atoms with Gasteiger partial charge in [0.25, 0.3) is 0 Å². The van der Waals surface area contributed by atoms with E-state index in [9.17, 15) is 31.6 Å². The van der Waals surface area contributed by atoms with E-state index in [4.69, 9.17) is 46.9 Å². The molecule has 70 heavy (non-hydrogen) atoms.